The molecule has 0 saturated carbocycles. The summed E-state index contributed by atoms with van der Waals surface area (Å²) in [6.07, 6.45) is 0. The maximum absolute atomic E-state index is 11.5. The Kier molecular flexibility index (Phi) is 3.45. The minimum absolute atomic E-state index is 0.243. The van der Waals surface area contributed by atoms with Gasteiger partial charge in [-0.15, -0.1) is 0 Å². The average Bonchev–Trinajstić information content (AvgIpc) is 2.16. The van der Waals surface area contributed by atoms with Crippen molar-refractivity contribution in [3.05, 3.63) is 30.3 Å². The summed E-state index contributed by atoms with van der Waals surface area (Å²) in [5.74, 6) is -0.243. The van der Waals surface area contributed by atoms with E-state index in [1.165, 1.54) is 0 Å². The molecule has 1 aromatic rings. The minimum atomic E-state index is -3.24. The van der Waals surface area contributed by atoms with Crippen LogP contribution in [0.2, 0.25) is 0 Å². The third-order valence-electron chi connectivity index (χ3n) is 1.54. The fraction of sp³-hybridized carbons (Fsp3) is 0.333. The molecule has 0 bridgehead atoms. The first-order valence-corrected chi connectivity index (χ1v) is 5.67. The van der Waals surface area contributed by atoms with Crippen molar-refractivity contribution in [2.75, 3.05) is 12.5 Å². The summed E-state index contributed by atoms with van der Waals surface area (Å²) < 4.78 is 27.8. The fourth-order valence-corrected chi connectivity index (χ4v) is 1.98. The SMILES string of the molecule is CCO[13CH2]S(=O)(=O)c1ccccc1. The molecule has 0 aliphatic carbocycles. The van der Waals surface area contributed by atoms with Gasteiger partial charge >= 0.3 is 0 Å². The van der Waals surface area contributed by atoms with E-state index in [0.29, 0.717) is 11.5 Å². The molecule has 3 nitrogen and oxygen atoms in total. The molecule has 0 heterocycles. The molecule has 0 fully saturated rings. The van der Waals surface area contributed by atoms with Gasteiger partial charge in [0.15, 0.2) is 5.94 Å². The van der Waals surface area contributed by atoms with Gasteiger partial charge in [-0.25, -0.2) is 8.42 Å². The maximum Gasteiger partial charge on any atom is 0.202 e. The molecule has 1 rings (SSSR count). The van der Waals surface area contributed by atoms with Crippen molar-refractivity contribution in [3.63, 3.8) is 0 Å². The quantitative estimate of drug-likeness (QED) is 0.692. The Bertz CT molecular complexity index is 342. The Balaban J connectivity index is 2.83. The molecule has 1 aromatic carbocycles. The van der Waals surface area contributed by atoms with Crippen molar-refractivity contribution < 1.29 is 13.2 Å². The van der Waals surface area contributed by atoms with Crippen LogP contribution in [-0.2, 0) is 14.6 Å². The third-order valence-corrected chi connectivity index (χ3v) is 3.01. The fourth-order valence-electron chi connectivity index (χ4n) is 0.889. The van der Waals surface area contributed by atoms with Crippen LogP contribution in [0, 0.1) is 0 Å². The summed E-state index contributed by atoms with van der Waals surface area (Å²) in [5.41, 5.74) is 0. The largest absolute Gasteiger partial charge is 0.365 e. The second-order valence-corrected chi connectivity index (χ2v) is 4.48. The van der Waals surface area contributed by atoms with E-state index in [2.05, 4.69) is 0 Å². The van der Waals surface area contributed by atoms with Crippen molar-refractivity contribution in [2.24, 2.45) is 0 Å². The van der Waals surface area contributed by atoms with Crippen molar-refractivity contribution in [2.45, 2.75) is 11.8 Å². The number of rotatable bonds is 4. The van der Waals surface area contributed by atoms with Crippen LogP contribution in [0.25, 0.3) is 0 Å². The molecular weight excluding hydrogens is 189 g/mol. The zero-order chi connectivity index (χ0) is 9.73. The number of ether oxygens (including phenoxy) is 1. The molecule has 0 atom stereocenters. The van der Waals surface area contributed by atoms with E-state index in [1.54, 1.807) is 37.3 Å². The minimum Gasteiger partial charge on any atom is -0.365 e. The topological polar surface area (TPSA) is 43.4 Å². The van der Waals surface area contributed by atoms with Crippen LogP contribution in [0.4, 0.5) is 0 Å². The van der Waals surface area contributed by atoms with Crippen LogP contribution in [0.1, 0.15) is 6.92 Å². The summed E-state index contributed by atoms with van der Waals surface area (Å²) >= 11 is 0. The molecule has 0 N–H and O–H groups in total. The van der Waals surface area contributed by atoms with Crippen LogP contribution < -0.4 is 0 Å². The lowest BCUT2D eigenvalue weighted by molar-refractivity contribution is 0.192. The van der Waals surface area contributed by atoms with Gasteiger partial charge in [-0.05, 0) is 19.1 Å². The van der Waals surface area contributed by atoms with Gasteiger partial charge < -0.3 is 4.74 Å². The highest BCUT2D eigenvalue weighted by molar-refractivity contribution is 7.91. The Morgan fingerprint density at radius 1 is 1.23 bits per heavy atom. The van der Waals surface area contributed by atoms with Crippen LogP contribution in [-0.4, -0.2) is 21.0 Å². The van der Waals surface area contributed by atoms with Gasteiger partial charge in [0.1, 0.15) is 0 Å². The first-order valence-electron chi connectivity index (χ1n) is 4.02. The first kappa shape index (κ1) is 10.2. The smallest absolute Gasteiger partial charge is 0.202 e. The summed E-state index contributed by atoms with van der Waals surface area (Å²) in [6.45, 7) is 2.17. The van der Waals surface area contributed by atoms with Crippen LogP contribution in [0.3, 0.4) is 0 Å². The van der Waals surface area contributed by atoms with Gasteiger partial charge in [0.05, 0.1) is 4.90 Å². The molecule has 0 amide bonds. The van der Waals surface area contributed by atoms with Crippen LogP contribution >= 0.6 is 0 Å². The lowest BCUT2D eigenvalue weighted by atomic mass is 10.4. The Hall–Kier alpha value is -0.870. The highest BCUT2D eigenvalue weighted by Crippen LogP contribution is 2.09. The van der Waals surface area contributed by atoms with E-state index in [1.807, 2.05) is 0 Å². The predicted molar refractivity (Wildman–Crippen MR) is 50.1 cm³/mol. The van der Waals surface area contributed by atoms with Crippen molar-refractivity contribution >= 4 is 9.84 Å². The zero-order valence-electron chi connectivity index (χ0n) is 7.43. The third kappa shape index (κ3) is 2.82. The number of hydrogen-bond acceptors (Lipinski definition) is 3. The highest BCUT2D eigenvalue weighted by atomic mass is 32.2. The van der Waals surface area contributed by atoms with E-state index in [-0.39, 0.29) is 5.94 Å². The highest BCUT2D eigenvalue weighted by Gasteiger charge is 2.12. The molecule has 72 valence electrons. The van der Waals surface area contributed by atoms with Gasteiger partial charge in [-0.3, -0.25) is 0 Å². The van der Waals surface area contributed by atoms with Crippen LogP contribution in [0.5, 0.6) is 0 Å². The molecule has 4 heteroatoms. The van der Waals surface area contributed by atoms with Crippen molar-refractivity contribution in [3.8, 4) is 0 Å². The monoisotopic (exact) mass is 201 g/mol. The Morgan fingerprint density at radius 2 is 1.85 bits per heavy atom. The second-order valence-electron chi connectivity index (χ2n) is 2.54. The average molecular weight is 201 g/mol. The molecule has 0 unspecified atom stereocenters. The van der Waals surface area contributed by atoms with Crippen molar-refractivity contribution in [1.29, 1.82) is 0 Å². The molecular formula is C9H12O3S. The number of hydrogen-bond donors (Lipinski definition) is 0. The summed E-state index contributed by atoms with van der Waals surface area (Å²) in [5, 5.41) is 0. The van der Waals surface area contributed by atoms with E-state index >= 15 is 0 Å². The van der Waals surface area contributed by atoms with E-state index in [0.717, 1.165) is 0 Å². The molecule has 0 spiro atoms. The van der Waals surface area contributed by atoms with Gasteiger partial charge in [-0.2, -0.15) is 0 Å². The maximum atomic E-state index is 11.5. The lowest BCUT2D eigenvalue weighted by Gasteiger charge is -2.03. The zero-order valence-corrected chi connectivity index (χ0v) is 8.25. The molecule has 0 aliphatic rings. The Morgan fingerprint density at radius 3 is 2.38 bits per heavy atom. The van der Waals surface area contributed by atoms with E-state index < -0.39 is 9.84 Å². The first-order chi connectivity index (χ1) is 6.17. The molecule has 0 saturated heterocycles. The van der Waals surface area contributed by atoms with Gasteiger partial charge in [-0.1, -0.05) is 18.2 Å². The lowest BCUT2D eigenvalue weighted by Crippen LogP contribution is -2.09. The molecule has 0 aromatic heterocycles. The summed E-state index contributed by atoms with van der Waals surface area (Å²) in [6, 6.07) is 8.29. The van der Waals surface area contributed by atoms with Gasteiger partial charge in [0.2, 0.25) is 9.84 Å². The predicted octanol–water partition coefficient (Wildman–Crippen LogP) is 1.45. The van der Waals surface area contributed by atoms with Gasteiger partial charge in [0, 0.05) is 6.61 Å². The summed E-state index contributed by atoms with van der Waals surface area (Å²) in [4.78, 5) is 0.309. The van der Waals surface area contributed by atoms with Crippen molar-refractivity contribution in [1.82, 2.24) is 0 Å². The number of sulfone groups is 1. The number of benzene rings is 1. The molecule has 0 radical (unpaired) electrons. The summed E-state index contributed by atoms with van der Waals surface area (Å²) in [7, 11) is -3.24. The van der Waals surface area contributed by atoms with E-state index in [9.17, 15) is 8.42 Å². The van der Waals surface area contributed by atoms with Gasteiger partial charge in [0.25, 0.3) is 0 Å². The normalized spacial score (nSPS) is 11.5. The molecule has 13 heavy (non-hydrogen) atoms. The second kappa shape index (κ2) is 4.39. The standard InChI is InChI=1S/C9H12O3S/c1-2-12-8-13(10,11)9-6-4-3-5-7-9/h3-7H,2,8H2,1H3/i8+1. The molecule has 0 aliphatic heterocycles. The van der Waals surface area contributed by atoms with E-state index in [4.69, 9.17) is 4.74 Å². The Labute approximate surface area is 78.3 Å². The van der Waals surface area contributed by atoms with Crippen LogP contribution in [0.15, 0.2) is 35.2 Å².